The maximum Gasteiger partial charge on any atom is 0.178 e. The Morgan fingerprint density at radius 3 is 1.47 bits per heavy atom. The Bertz CT molecular complexity index is 3570. The van der Waals surface area contributed by atoms with Gasteiger partial charge in [0.15, 0.2) is 22.3 Å². The molecule has 0 spiro atoms. The number of para-hydroxylation sites is 3. The van der Waals surface area contributed by atoms with Crippen LogP contribution >= 0.6 is 0 Å². The van der Waals surface area contributed by atoms with Gasteiger partial charge in [-0.2, -0.15) is 0 Å². The predicted octanol–water partition coefficient (Wildman–Crippen LogP) is 16.0. The van der Waals surface area contributed by atoms with E-state index in [4.69, 9.17) is 13.3 Å². The van der Waals surface area contributed by atoms with E-state index < -0.39 is 0 Å². The number of furan rings is 1. The number of hydrogen-bond donors (Lipinski definition) is 0. The molecule has 272 valence electrons. The van der Waals surface area contributed by atoms with Gasteiger partial charge in [-0.3, -0.25) is 0 Å². The molecule has 4 nitrogen and oxygen atoms in total. The van der Waals surface area contributed by atoms with Crippen LogP contribution in [0.25, 0.3) is 98.5 Å². The molecule has 4 heteroatoms. The van der Waals surface area contributed by atoms with Gasteiger partial charge < -0.3 is 18.2 Å². The number of nitrogens with zero attached hydrogens (tertiary/aromatic N) is 1. The van der Waals surface area contributed by atoms with E-state index in [1.807, 2.05) is 36.4 Å². The van der Waals surface area contributed by atoms with E-state index in [0.29, 0.717) is 22.3 Å². The highest BCUT2D eigenvalue weighted by atomic mass is 16.4. The molecule has 0 radical (unpaired) electrons. The standard InChI is InChI=1S/C54H33NO3/c1-2-13-35(14-3-1)55(37-29-30-45-44-20-10-11-23-48(44)56-51(45)33-37)36-27-25-34(26-28-36)38-22-12-24-49-53(38)58-54-50(57-49)32-31-47-43-19-7-6-17-41(43)39-15-4-5-16-40(39)42-18-8-9-21-46(42)52(47)54/h1-33H. The molecule has 0 bridgehead atoms. The van der Waals surface area contributed by atoms with Crippen molar-refractivity contribution >= 4 is 104 Å². The second kappa shape index (κ2) is 12.9. The molecule has 12 rings (SSSR count). The first-order valence-corrected chi connectivity index (χ1v) is 19.6. The fourth-order valence-electron chi connectivity index (χ4n) is 8.90. The summed E-state index contributed by atoms with van der Waals surface area (Å²) in [7, 11) is 0. The Labute approximate surface area is 332 Å². The quantitative estimate of drug-likeness (QED) is 0.168. The highest BCUT2D eigenvalue weighted by molar-refractivity contribution is 6.29. The van der Waals surface area contributed by atoms with Crippen LogP contribution in [0.5, 0.6) is 0 Å². The fraction of sp³-hybridized carbons (Fsp3) is 0. The lowest BCUT2D eigenvalue weighted by molar-refractivity contribution is 0.585. The molecule has 2 aromatic heterocycles. The van der Waals surface area contributed by atoms with Gasteiger partial charge in [-0.1, -0.05) is 133 Å². The molecule has 12 aromatic rings. The van der Waals surface area contributed by atoms with Crippen LogP contribution in [-0.4, -0.2) is 0 Å². The lowest BCUT2D eigenvalue weighted by Crippen LogP contribution is -2.09. The lowest BCUT2D eigenvalue weighted by atomic mass is 9.94. The van der Waals surface area contributed by atoms with Crippen molar-refractivity contribution in [2.45, 2.75) is 0 Å². The first-order valence-electron chi connectivity index (χ1n) is 19.6. The van der Waals surface area contributed by atoms with Crippen LogP contribution in [0.15, 0.2) is 213 Å². The maximum atomic E-state index is 7.15. The van der Waals surface area contributed by atoms with Gasteiger partial charge in [0.05, 0.1) is 0 Å². The number of fused-ring (bicyclic) bond motifs is 14. The van der Waals surface area contributed by atoms with E-state index >= 15 is 0 Å². The molecule has 0 N–H and O–H groups in total. The Hall–Kier alpha value is -7.82. The molecular weight excluding hydrogens is 711 g/mol. The molecule has 58 heavy (non-hydrogen) atoms. The molecule has 0 saturated heterocycles. The van der Waals surface area contributed by atoms with Crippen LogP contribution in [0.1, 0.15) is 0 Å². The van der Waals surface area contributed by atoms with Crippen LogP contribution in [0.3, 0.4) is 0 Å². The first kappa shape index (κ1) is 32.4. The lowest BCUT2D eigenvalue weighted by Gasteiger charge is -2.25. The van der Waals surface area contributed by atoms with E-state index in [2.05, 4.69) is 169 Å². The SMILES string of the molecule is c1ccc(N(c2ccc(-c3cccc4oc5ccc6c7ccccc7c7ccccc7c7ccccc7c6c5oc34)cc2)c2ccc3c(c2)oc2ccccc23)cc1. The van der Waals surface area contributed by atoms with Gasteiger partial charge >= 0.3 is 0 Å². The van der Waals surface area contributed by atoms with E-state index in [0.717, 1.165) is 77.1 Å². The van der Waals surface area contributed by atoms with Crippen molar-refractivity contribution in [2.24, 2.45) is 0 Å². The van der Waals surface area contributed by atoms with Gasteiger partial charge in [0.25, 0.3) is 0 Å². The highest BCUT2D eigenvalue weighted by Gasteiger charge is 2.18. The topological polar surface area (TPSA) is 42.7 Å². The Balaban J connectivity index is 1.06. The van der Waals surface area contributed by atoms with Gasteiger partial charge in [-0.15, -0.1) is 0 Å². The molecule has 0 aliphatic rings. The van der Waals surface area contributed by atoms with E-state index in [9.17, 15) is 0 Å². The van der Waals surface area contributed by atoms with Crippen molar-refractivity contribution in [3.05, 3.63) is 200 Å². The monoisotopic (exact) mass is 743 g/mol. The van der Waals surface area contributed by atoms with Crippen LogP contribution < -0.4 is 4.90 Å². The third-order valence-corrected chi connectivity index (χ3v) is 11.5. The molecular formula is C54H33NO3. The minimum atomic E-state index is 0.684. The summed E-state index contributed by atoms with van der Waals surface area (Å²) < 4.78 is 20.2. The summed E-state index contributed by atoms with van der Waals surface area (Å²) in [5, 5.41) is 11.3. The van der Waals surface area contributed by atoms with Crippen LogP contribution in [-0.2, 0) is 0 Å². The van der Waals surface area contributed by atoms with Gasteiger partial charge in [0.2, 0.25) is 0 Å². The molecule has 0 amide bonds. The summed E-state index contributed by atoms with van der Waals surface area (Å²) in [6.45, 7) is 0. The fourth-order valence-corrected chi connectivity index (χ4v) is 8.90. The minimum absolute atomic E-state index is 0.684. The third-order valence-electron chi connectivity index (χ3n) is 11.5. The average Bonchev–Trinajstić information content (AvgIpc) is 3.66. The van der Waals surface area contributed by atoms with Crippen molar-refractivity contribution < 1.29 is 13.3 Å². The smallest absolute Gasteiger partial charge is 0.178 e. The summed E-state index contributed by atoms with van der Waals surface area (Å²) in [4.78, 5) is 2.26. The van der Waals surface area contributed by atoms with Crippen molar-refractivity contribution in [1.82, 2.24) is 0 Å². The summed E-state index contributed by atoms with van der Waals surface area (Å²) >= 11 is 0. The van der Waals surface area contributed by atoms with Gasteiger partial charge in [-0.25, -0.2) is 0 Å². The molecule has 0 aliphatic carbocycles. The predicted molar refractivity (Wildman–Crippen MR) is 241 cm³/mol. The van der Waals surface area contributed by atoms with Crippen molar-refractivity contribution in [3.8, 4) is 11.1 Å². The molecule has 2 heterocycles. The average molecular weight is 744 g/mol. The normalized spacial score (nSPS) is 11.8. The van der Waals surface area contributed by atoms with Crippen molar-refractivity contribution in [2.75, 3.05) is 4.90 Å². The Kier molecular flexibility index (Phi) is 7.20. The van der Waals surface area contributed by atoms with E-state index in [1.165, 1.54) is 16.2 Å². The van der Waals surface area contributed by atoms with Crippen LogP contribution in [0, 0.1) is 0 Å². The summed E-state index contributed by atoms with van der Waals surface area (Å²) in [6, 6.07) is 70.1. The zero-order valence-electron chi connectivity index (χ0n) is 31.2. The number of benzene rings is 9. The van der Waals surface area contributed by atoms with Crippen LogP contribution in [0.4, 0.5) is 17.1 Å². The number of hydrogen-bond acceptors (Lipinski definition) is 4. The molecule has 0 fully saturated rings. The summed E-state index contributed by atoms with van der Waals surface area (Å²) in [6.07, 6.45) is 0. The first-order chi connectivity index (χ1) is 28.8. The zero-order chi connectivity index (χ0) is 38.2. The minimum Gasteiger partial charge on any atom is -0.456 e. The molecule has 0 saturated carbocycles. The molecule has 10 aromatic carbocycles. The second-order valence-corrected chi connectivity index (χ2v) is 14.8. The summed E-state index contributed by atoms with van der Waals surface area (Å²) in [5.41, 5.74) is 9.59. The largest absolute Gasteiger partial charge is 0.456 e. The summed E-state index contributed by atoms with van der Waals surface area (Å²) in [5.74, 6) is 0. The van der Waals surface area contributed by atoms with Gasteiger partial charge in [0, 0.05) is 44.9 Å². The highest BCUT2D eigenvalue weighted by Crippen LogP contribution is 2.43. The molecule has 0 atom stereocenters. The van der Waals surface area contributed by atoms with Gasteiger partial charge in [-0.05, 0) is 104 Å². The van der Waals surface area contributed by atoms with E-state index in [1.54, 1.807) is 0 Å². The third kappa shape index (κ3) is 5.02. The van der Waals surface area contributed by atoms with Crippen molar-refractivity contribution in [1.29, 1.82) is 0 Å². The van der Waals surface area contributed by atoms with E-state index in [-0.39, 0.29) is 0 Å². The van der Waals surface area contributed by atoms with Crippen LogP contribution in [0.2, 0.25) is 0 Å². The zero-order valence-corrected chi connectivity index (χ0v) is 31.2. The number of anilines is 3. The molecule has 0 aliphatic heterocycles. The van der Waals surface area contributed by atoms with Gasteiger partial charge in [0.1, 0.15) is 11.2 Å². The Morgan fingerprint density at radius 2 is 0.759 bits per heavy atom. The molecule has 0 unspecified atom stereocenters. The van der Waals surface area contributed by atoms with Crippen molar-refractivity contribution in [3.63, 3.8) is 0 Å². The second-order valence-electron chi connectivity index (χ2n) is 14.8. The Morgan fingerprint density at radius 1 is 0.276 bits per heavy atom. The number of rotatable bonds is 4. The maximum absolute atomic E-state index is 7.15.